The van der Waals surface area contributed by atoms with Crippen LogP contribution in [0.4, 0.5) is 11.4 Å². The van der Waals surface area contributed by atoms with E-state index >= 15 is 4.79 Å². The van der Waals surface area contributed by atoms with Crippen LogP contribution in [0.5, 0.6) is 0 Å². The minimum atomic E-state index is -2.79. The number of rotatable bonds is 11. The Labute approximate surface area is 318 Å². The largest absolute Gasteiger partial charge is 0.351 e. The minimum absolute atomic E-state index is 0.0407. The first-order valence-electron chi connectivity index (χ1n) is 18.6. The highest BCUT2D eigenvalue weighted by molar-refractivity contribution is 7.87. The van der Waals surface area contributed by atoms with Gasteiger partial charge in [0.05, 0.1) is 12.7 Å². The van der Waals surface area contributed by atoms with Crippen LogP contribution in [0, 0.1) is 6.92 Å². The average Bonchev–Trinajstić information content (AvgIpc) is 3.23. The van der Waals surface area contributed by atoms with Crippen molar-refractivity contribution < 1.29 is 14.4 Å². The number of carbonyl (C=O) groups is 3. The van der Waals surface area contributed by atoms with Crippen molar-refractivity contribution in [2.24, 2.45) is 4.74 Å². The quantitative estimate of drug-likeness (QED) is 0.0821. The molecule has 1 fully saturated rings. The third kappa shape index (κ3) is 7.62. The smallest absolute Gasteiger partial charge is 0.300 e. The molecule has 7 rings (SSSR count). The van der Waals surface area contributed by atoms with Crippen LogP contribution in [0.15, 0.2) is 175 Å². The maximum absolute atomic E-state index is 15.1. The van der Waals surface area contributed by atoms with Crippen LogP contribution in [0.1, 0.15) is 59.6 Å². The SMILES string of the molecule is Cc1ccccc1N(C(=O)C(=O)c1ccccc1)C(C(=O)NC1CCCCC1)c1ccccc1N=P(c1ccccc1)(c1ccccc1)c1ccccc1. The average molecular weight is 730 g/mol. The molecule has 0 aromatic heterocycles. The van der Waals surface area contributed by atoms with Crippen molar-refractivity contribution in [1.82, 2.24) is 5.32 Å². The molecule has 0 aliphatic heterocycles. The van der Waals surface area contributed by atoms with Crippen molar-refractivity contribution >= 4 is 51.9 Å². The molecule has 1 aliphatic carbocycles. The van der Waals surface area contributed by atoms with Gasteiger partial charge in [-0.15, -0.1) is 0 Å². The predicted molar refractivity (Wildman–Crippen MR) is 221 cm³/mol. The molecule has 1 aliphatic rings. The van der Waals surface area contributed by atoms with Gasteiger partial charge in [0, 0.05) is 38.8 Å². The summed E-state index contributed by atoms with van der Waals surface area (Å²) in [5.74, 6) is -1.82. The normalized spacial score (nSPS) is 13.7. The fourth-order valence-electron chi connectivity index (χ4n) is 7.47. The number of nitrogens with one attached hydrogen (secondary N) is 1. The van der Waals surface area contributed by atoms with E-state index in [0.29, 0.717) is 16.9 Å². The molecule has 0 radical (unpaired) electrons. The molecule has 2 amide bonds. The molecule has 1 saturated carbocycles. The van der Waals surface area contributed by atoms with Gasteiger partial charge in [-0.1, -0.05) is 177 Å². The van der Waals surface area contributed by atoms with Gasteiger partial charge in [-0.3, -0.25) is 24.0 Å². The first kappa shape index (κ1) is 36.5. The topological polar surface area (TPSA) is 78.8 Å². The number of hydrogen-bond acceptors (Lipinski definition) is 4. The fraction of sp³-hybridized carbons (Fsp3) is 0.170. The van der Waals surface area contributed by atoms with E-state index in [1.165, 1.54) is 4.90 Å². The Kier molecular flexibility index (Phi) is 11.4. The fourth-order valence-corrected chi connectivity index (χ4v) is 11.0. The van der Waals surface area contributed by atoms with Gasteiger partial charge in [-0.05, 0) is 37.5 Å². The van der Waals surface area contributed by atoms with Gasteiger partial charge in [-0.25, -0.2) is 0 Å². The lowest BCUT2D eigenvalue weighted by Gasteiger charge is -2.35. The van der Waals surface area contributed by atoms with Crippen molar-refractivity contribution in [3.63, 3.8) is 0 Å². The Balaban J connectivity index is 1.51. The van der Waals surface area contributed by atoms with Gasteiger partial charge in [0.25, 0.3) is 11.7 Å². The van der Waals surface area contributed by atoms with Gasteiger partial charge in [-0.2, -0.15) is 0 Å². The number of hydrogen-bond donors (Lipinski definition) is 1. The molecule has 7 heteroatoms. The number of nitrogens with zero attached hydrogens (tertiary/aromatic N) is 2. The van der Waals surface area contributed by atoms with Crippen molar-refractivity contribution in [3.05, 3.63) is 187 Å². The Bertz CT molecular complexity index is 2170. The molecular weight excluding hydrogens is 686 g/mol. The van der Waals surface area contributed by atoms with Crippen molar-refractivity contribution in [3.8, 4) is 0 Å². The van der Waals surface area contributed by atoms with Crippen LogP contribution < -0.4 is 26.1 Å². The second kappa shape index (κ2) is 16.9. The van der Waals surface area contributed by atoms with E-state index in [2.05, 4.69) is 41.7 Å². The lowest BCUT2D eigenvalue weighted by atomic mass is 9.94. The zero-order valence-corrected chi connectivity index (χ0v) is 31.3. The molecule has 0 saturated heterocycles. The molecule has 0 heterocycles. The Morgan fingerprint density at radius 2 is 1.09 bits per heavy atom. The van der Waals surface area contributed by atoms with Gasteiger partial charge < -0.3 is 5.32 Å². The van der Waals surface area contributed by atoms with E-state index in [0.717, 1.165) is 53.6 Å². The highest BCUT2D eigenvalue weighted by atomic mass is 31.2. The van der Waals surface area contributed by atoms with Gasteiger partial charge in [0.1, 0.15) is 6.04 Å². The number of anilines is 1. The number of carbonyl (C=O) groups excluding carboxylic acids is 3. The van der Waals surface area contributed by atoms with Crippen LogP contribution in [0.25, 0.3) is 0 Å². The molecule has 6 aromatic carbocycles. The van der Waals surface area contributed by atoms with Crippen LogP contribution in [-0.4, -0.2) is 23.6 Å². The maximum atomic E-state index is 15.1. The molecule has 270 valence electrons. The lowest BCUT2D eigenvalue weighted by Crippen LogP contribution is -2.49. The van der Waals surface area contributed by atoms with E-state index in [-0.39, 0.29) is 17.5 Å². The van der Waals surface area contributed by atoms with Crippen molar-refractivity contribution in [2.45, 2.75) is 51.1 Å². The monoisotopic (exact) mass is 729 g/mol. The Morgan fingerprint density at radius 3 is 1.65 bits per heavy atom. The minimum Gasteiger partial charge on any atom is -0.351 e. The van der Waals surface area contributed by atoms with E-state index in [1.54, 1.807) is 36.4 Å². The first-order chi connectivity index (χ1) is 26.5. The summed E-state index contributed by atoms with van der Waals surface area (Å²) in [6.45, 7) is 1.89. The highest BCUT2D eigenvalue weighted by Gasteiger charge is 2.39. The molecule has 1 N–H and O–H groups in total. The van der Waals surface area contributed by atoms with E-state index < -0.39 is 24.8 Å². The van der Waals surface area contributed by atoms with Crippen LogP contribution in [0.3, 0.4) is 0 Å². The van der Waals surface area contributed by atoms with Crippen LogP contribution in [-0.2, 0) is 9.59 Å². The molecule has 54 heavy (non-hydrogen) atoms. The molecule has 0 bridgehead atoms. The standard InChI is InChI=1S/C47H44N3O3P/c1-35-21-17-20-34-43(35)50(47(53)45(51)36-22-7-2-8-23-36)44(46(52)48-37-24-9-3-10-25-37)41-32-18-19-33-42(41)49-54(38-26-11-4-12-27-38,39-28-13-5-14-29-39)40-30-15-6-16-31-40/h2,4-8,11-23,26-34,37,44H,3,9-10,24-25H2,1H3,(H,48,52). The number of para-hydroxylation sites is 1. The van der Waals surface area contributed by atoms with E-state index in [1.807, 2.05) is 104 Å². The third-order valence-corrected chi connectivity index (χ3v) is 13.8. The Morgan fingerprint density at radius 1 is 0.611 bits per heavy atom. The number of Topliss-reactive ketones (excluding diaryl/α,β-unsaturated/α-hetero) is 1. The zero-order chi connectivity index (χ0) is 37.3. The predicted octanol–water partition coefficient (Wildman–Crippen LogP) is 9.21. The first-order valence-corrected chi connectivity index (χ1v) is 20.4. The third-order valence-electron chi connectivity index (χ3n) is 10.2. The molecule has 1 unspecified atom stereocenters. The van der Waals surface area contributed by atoms with Gasteiger partial charge in [0.2, 0.25) is 5.91 Å². The lowest BCUT2D eigenvalue weighted by molar-refractivity contribution is -0.126. The number of ketones is 1. The van der Waals surface area contributed by atoms with Gasteiger partial charge in [0.15, 0.2) is 0 Å². The number of aryl methyl sites for hydroxylation is 1. The summed E-state index contributed by atoms with van der Waals surface area (Å²) in [6.07, 6.45) is 4.88. The van der Waals surface area contributed by atoms with Crippen LogP contribution in [0.2, 0.25) is 0 Å². The zero-order valence-electron chi connectivity index (χ0n) is 30.4. The number of benzene rings is 6. The maximum Gasteiger partial charge on any atom is 0.300 e. The molecule has 1 atom stereocenters. The van der Waals surface area contributed by atoms with Gasteiger partial charge >= 0.3 is 0 Å². The molecule has 0 spiro atoms. The highest BCUT2D eigenvalue weighted by Crippen LogP contribution is 2.51. The van der Waals surface area contributed by atoms with E-state index in [4.69, 9.17) is 4.74 Å². The molecule has 6 nitrogen and oxygen atoms in total. The second-order valence-corrected chi connectivity index (χ2v) is 16.7. The Hall–Kier alpha value is -5.84. The van der Waals surface area contributed by atoms with Crippen molar-refractivity contribution in [1.29, 1.82) is 0 Å². The van der Waals surface area contributed by atoms with Crippen LogP contribution >= 0.6 is 7.05 Å². The summed E-state index contributed by atoms with van der Waals surface area (Å²) in [6, 6.07) is 53.3. The molecule has 6 aromatic rings. The second-order valence-electron chi connectivity index (χ2n) is 13.7. The summed E-state index contributed by atoms with van der Waals surface area (Å²) in [5.41, 5.74) is 2.62. The summed E-state index contributed by atoms with van der Waals surface area (Å²) < 4.78 is 5.82. The van der Waals surface area contributed by atoms with Crippen molar-refractivity contribution in [2.75, 3.05) is 4.90 Å². The summed E-state index contributed by atoms with van der Waals surface area (Å²) in [4.78, 5) is 45.5. The number of amides is 2. The summed E-state index contributed by atoms with van der Waals surface area (Å²) >= 11 is 0. The summed E-state index contributed by atoms with van der Waals surface area (Å²) in [7, 11) is -2.79. The van der Waals surface area contributed by atoms with E-state index in [9.17, 15) is 9.59 Å². The summed E-state index contributed by atoms with van der Waals surface area (Å²) in [5, 5.41) is 6.47. The molecular formula is C47H44N3O3P.